The van der Waals surface area contributed by atoms with Crippen molar-refractivity contribution in [3.05, 3.63) is 0 Å². The van der Waals surface area contributed by atoms with Gasteiger partial charge in [0.25, 0.3) is 0 Å². The lowest BCUT2D eigenvalue weighted by Crippen LogP contribution is -2.44. The molecule has 2 fully saturated rings. The molecule has 2 aliphatic rings. The summed E-state index contributed by atoms with van der Waals surface area (Å²) in [7, 11) is 0. The van der Waals surface area contributed by atoms with Crippen molar-refractivity contribution in [2.45, 2.75) is 25.7 Å². The van der Waals surface area contributed by atoms with E-state index >= 15 is 0 Å². The molecule has 0 aromatic heterocycles. The molecule has 0 atom stereocenters. The molecule has 0 aromatic rings. The van der Waals surface area contributed by atoms with E-state index in [4.69, 9.17) is 4.74 Å². The Morgan fingerprint density at radius 3 is 2.33 bits per heavy atom. The molecule has 0 radical (unpaired) electrons. The summed E-state index contributed by atoms with van der Waals surface area (Å²) in [6, 6.07) is 0. The van der Waals surface area contributed by atoms with Gasteiger partial charge in [0.15, 0.2) is 0 Å². The molecule has 0 aliphatic carbocycles. The van der Waals surface area contributed by atoms with Gasteiger partial charge in [0.1, 0.15) is 0 Å². The van der Waals surface area contributed by atoms with Gasteiger partial charge in [-0.3, -0.25) is 0 Å². The predicted molar refractivity (Wildman–Crippen MR) is 62.4 cm³/mol. The van der Waals surface area contributed by atoms with Crippen LogP contribution in [-0.4, -0.2) is 38.0 Å². The highest BCUT2D eigenvalue weighted by atomic mass is 35.5. The molecular formula is C11H22ClNO2. The Balaban J connectivity index is 0.00000112. The molecule has 2 rings (SSSR count). The zero-order chi connectivity index (χ0) is 9.86. The zero-order valence-corrected chi connectivity index (χ0v) is 10.0. The summed E-state index contributed by atoms with van der Waals surface area (Å²) in [6.07, 6.45) is 4.55. The van der Waals surface area contributed by atoms with Gasteiger partial charge in [-0.15, -0.1) is 12.4 Å². The van der Waals surface area contributed by atoms with E-state index in [0.29, 0.717) is 12.5 Å². The number of rotatable bonds is 2. The zero-order valence-electron chi connectivity index (χ0n) is 9.21. The highest BCUT2D eigenvalue weighted by molar-refractivity contribution is 5.85. The quantitative estimate of drug-likeness (QED) is 0.756. The van der Waals surface area contributed by atoms with Crippen molar-refractivity contribution in [3.63, 3.8) is 0 Å². The van der Waals surface area contributed by atoms with Crippen LogP contribution in [0.2, 0.25) is 0 Å². The third-order valence-corrected chi connectivity index (χ3v) is 4.01. The molecule has 4 heteroatoms. The monoisotopic (exact) mass is 235 g/mol. The van der Waals surface area contributed by atoms with E-state index in [0.717, 1.165) is 39.1 Å². The van der Waals surface area contributed by atoms with Crippen molar-refractivity contribution < 1.29 is 9.84 Å². The van der Waals surface area contributed by atoms with Crippen LogP contribution in [0.5, 0.6) is 0 Å². The first kappa shape index (κ1) is 13.2. The second-order valence-electron chi connectivity index (χ2n) is 4.66. The van der Waals surface area contributed by atoms with E-state index in [9.17, 15) is 5.11 Å². The standard InChI is InChI=1S/C11H21NO2.ClH/c13-9-11(3-7-14-8-4-11)10-1-5-12-6-2-10;/h10,12-13H,1-9H2;1H. The lowest BCUT2D eigenvalue weighted by molar-refractivity contribution is -0.0575. The number of hydrogen-bond donors (Lipinski definition) is 2. The van der Waals surface area contributed by atoms with Crippen molar-refractivity contribution >= 4 is 12.4 Å². The molecule has 2 aliphatic heterocycles. The average molecular weight is 236 g/mol. The smallest absolute Gasteiger partial charge is 0.0491 e. The van der Waals surface area contributed by atoms with E-state index < -0.39 is 0 Å². The van der Waals surface area contributed by atoms with Crippen LogP contribution >= 0.6 is 12.4 Å². The minimum atomic E-state index is 0. The number of aliphatic hydroxyl groups is 1. The van der Waals surface area contributed by atoms with Crippen molar-refractivity contribution in [2.24, 2.45) is 11.3 Å². The minimum Gasteiger partial charge on any atom is -0.396 e. The molecule has 3 nitrogen and oxygen atoms in total. The maximum atomic E-state index is 9.62. The first-order chi connectivity index (χ1) is 6.87. The van der Waals surface area contributed by atoms with Crippen molar-refractivity contribution in [2.75, 3.05) is 32.9 Å². The highest BCUT2D eigenvalue weighted by Gasteiger charge is 2.39. The number of ether oxygens (including phenoxy) is 1. The summed E-state index contributed by atoms with van der Waals surface area (Å²) in [5.74, 6) is 0.706. The summed E-state index contributed by atoms with van der Waals surface area (Å²) >= 11 is 0. The molecule has 2 saturated heterocycles. The van der Waals surface area contributed by atoms with Crippen LogP contribution in [0.3, 0.4) is 0 Å². The molecule has 90 valence electrons. The van der Waals surface area contributed by atoms with E-state index in [-0.39, 0.29) is 17.8 Å². The van der Waals surface area contributed by atoms with Gasteiger partial charge in [0.2, 0.25) is 0 Å². The number of hydrogen-bond acceptors (Lipinski definition) is 3. The molecule has 0 saturated carbocycles. The molecule has 2 heterocycles. The molecule has 0 spiro atoms. The molecule has 15 heavy (non-hydrogen) atoms. The Hall–Kier alpha value is 0.170. The van der Waals surface area contributed by atoms with Crippen LogP contribution in [0, 0.1) is 11.3 Å². The molecule has 0 bridgehead atoms. The maximum absolute atomic E-state index is 9.62. The minimum absolute atomic E-state index is 0. The first-order valence-corrected chi connectivity index (χ1v) is 5.77. The van der Waals surface area contributed by atoms with Gasteiger partial charge < -0.3 is 15.2 Å². The molecule has 0 unspecified atom stereocenters. The predicted octanol–water partition coefficient (Wildman–Crippen LogP) is 1.20. The van der Waals surface area contributed by atoms with Crippen LogP contribution in [0.25, 0.3) is 0 Å². The fourth-order valence-electron chi connectivity index (χ4n) is 2.91. The van der Waals surface area contributed by atoms with Crippen molar-refractivity contribution in [1.29, 1.82) is 0 Å². The van der Waals surface area contributed by atoms with E-state index in [2.05, 4.69) is 5.32 Å². The second kappa shape index (κ2) is 6.04. The number of halogens is 1. The van der Waals surface area contributed by atoms with Gasteiger partial charge in [-0.05, 0) is 44.7 Å². The maximum Gasteiger partial charge on any atom is 0.0491 e. The number of nitrogens with one attached hydrogen (secondary N) is 1. The van der Waals surface area contributed by atoms with Crippen LogP contribution in [0.15, 0.2) is 0 Å². The fourth-order valence-corrected chi connectivity index (χ4v) is 2.91. The van der Waals surface area contributed by atoms with E-state index in [1.807, 2.05) is 0 Å². The largest absolute Gasteiger partial charge is 0.396 e. The highest BCUT2D eigenvalue weighted by Crippen LogP contribution is 2.41. The van der Waals surface area contributed by atoms with Gasteiger partial charge in [-0.1, -0.05) is 0 Å². The topological polar surface area (TPSA) is 41.5 Å². The summed E-state index contributed by atoms with van der Waals surface area (Å²) in [5, 5.41) is 13.0. The van der Waals surface area contributed by atoms with Gasteiger partial charge in [0.05, 0.1) is 0 Å². The lowest BCUT2D eigenvalue weighted by atomic mass is 9.67. The van der Waals surface area contributed by atoms with Crippen LogP contribution < -0.4 is 5.32 Å². The average Bonchev–Trinajstić information content (AvgIpc) is 2.31. The first-order valence-electron chi connectivity index (χ1n) is 5.77. The van der Waals surface area contributed by atoms with Gasteiger partial charge in [0, 0.05) is 25.2 Å². The van der Waals surface area contributed by atoms with Gasteiger partial charge in [-0.2, -0.15) is 0 Å². The Morgan fingerprint density at radius 1 is 1.20 bits per heavy atom. The molecular weight excluding hydrogens is 214 g/mol. The number of aliphatic hydroxyl groups excluding tert-OH is 1. The summed E-state index contributed by atoms with van der Waals surface area (Å²) in [5.41, 5.74) is 0.181. The summed E-state index contributed by atoms with van der Waals surface area (Å²) in [6.45, 7) is 4.26. The Morgan fingerprint density at radius 2 is 1.80 bits per heavy atom. The molecule has 0 aromatic carbocycles. The van der Waals surface area contributed by atoms with Crippen molar-refractivity contribution in [3.8, 4) is 0 Å². The second-order valence-corrected chi connectivity index (χ2v) is 4.66. The third-order valence-electron chi connectivity index (χ3n) is 4.01. The Labute approximate surface area is 98.0 Å². The summed E-state index contributed by atoms with van der Waals surface area (Å²) in [4.78, 5) is 0. The molecule has 0 amide bonds. The van der Waals surface area contributed by atoms with Crippen LogP contribution in [0.4, 0.5) is 0 Å². The van der Waals surface area contributed by atoms with Crippen LogP contribution in [-0.2, 0) is 4.74 Å². The Kier molecular flexibility index (Phi) is 5.33. The van der Waals surface area contributed by atoms with E-state index in [1.165, 1.54) is 12.8 Å². The third kappa shape index (κ3) is 2.84. The van der Waals surface area contributed by atoms with Gasteiger partial charge >= 0.3 is 0 Å². The Bertz CT molecular complexity index is 177. The fraction of sp³-hybridized carbons (Fsp3) is 1.00. The van der Waals surface area contributed by atoms with Gasteiger partial charge in [-0.25, -0.2) is 0 Å². The van der Waals surface area contributed by atoms with Crippen LogP contribution in [0.1, 0.15) is 25.7 Å². The van der Waals surface area contributed by atoms with E-state index in [1.54, 1.807) is 0 Å². The normalized spacial score (nSPS) is 27.0. The number of piperidine rings is 1. The van der Waals surface area contributed by atoms with Crippen molar-refractivity contribution in [1.82, 2.24) is 5.32 Å². The summed E-state index contributed by atoms with van der Waals surface area (Å²) < 4.78 is 5.39. The SMILES string of the molecule is Cl.OCC1(C2CCNCC2)CCOCC1. The lowest BCUT2D eigenvalue weighted by Gasteiger charge is -2.44. The molecule has 2 N–H and O–H groups in total.